The lowest BCUT2D eigenvalue weighted by molar-refractivity contribution is 0.0955. The third-order valence-electron chi connectivity index (χ3n) is 5.67. The predicted octanol–water partition coefficient (Wildman–Crippen LogP) is 7.11. The Hall–Kier alpha value is -3.36. The number of benzene rings is 4. The molecule has 1 N–H and O–H groups in total. The first-order chi connectivity index (χ1) is 18.2. The quantitative estimate of drug-likeness (QED) is 0.176. The van der Waals surface area contributed by atoms with Crippen LogP contribution in [0.2, 0.25) is 15.1 Å². The molecule has 0 fully saturated rings. The maximum absolute atomic E-state index is 13.6. The maximum Gasteiger partial charge on any atom is 0.271 e. The highest BCUT2D eigenvalue weighted by molar-refractivity contribution is 7.92. The molecule has 0 radical (unpaired) electrons. The van der Waals surface area contributed by atoms with E-state index in [4.69, 9.17) is 34.8 Å². The van der Waals surface area contributed by atoms with Crippen molar-refractivity contribution in [2.24, 2.45) is 5.10 Å². The minimum absolute atomic E-state index is 0.0312. The molecule has 0 aromatic heterocycles. The van der Waals surface area contributed by atoms with Gasteiger partial charge in [0.05, 0.1) is 33.4 Å². The Bertz CT molecular complexity index is 1570. The van der Waals surface area contributed by atoms with Crippen molar-refractivity contribution in [1.29, 1.82) is 0 Å². The van der Waals surface area contributed by atoms with Crippen LogP contribution < -0.4 is 9.73 Å². The summed E-state index contributed by atoms with van der Waals surface area (Å²) in [6.07, 6.45) is 1.37. The Labute approximate surface area is 236 Å². The van der Waals surface area contributed by atoms with Crippen molar-refractivity contribution in [1.82, 2.24) is 5.43 Å². The molecule has 0 aliphatic carbocycles. The van der Waals surface area contributed by atoms with Crippen LogP contribution in [0.5, 0.6) is 0 Å². The van der Waals surface area contributed by atoms with Gasteiger partial charge in [0.1, 0.15) is 0 Å². The summed E-state index contributed by atoms with van der Waals surface area (Å²) in [5.74, 6) is -0.449. The average Bonchev–Trinajstić information content (AvgIpc) is 2.91. The summed E-state index contributed by atoms with van der Waals surface area (Å²) in [5, 5.41) is 5.18. The predicted molar refractivity (Wildman–Crippen MR) is 154 cm³/mol. The van der Waals surface area contributed by atoms with Gasteiger partial charge in [0.15, 0.2) is 0 Å². The Morgan fingerprint density at radius 2 is 1.55 bits per heavy atom. The van der Waals surface area contributed by atoms with Crippen LogP contribution in [-0.2, 0) is 16.6 Å². The zero-order chi connectivity index (χ0) is 27.3. The molecule has 4 aromatic rings. The van der Waals surface area contributed by atoms with E-state index in [0.717, 1.165) is 5.56 Å². The molecule has 0 unspecified atom stereocenters. The number of hydrazone groups is 1. The highest BCUT2D eigenvalue weighted by atomic mass is 35.5. The van der Waals surface area contributed by atoms with Crippen LogP contribution in [0.1, 0.15) is 27.0 Å². The smallest absolute Gasteiger partial charge is 0.267 e. The number of hydrogen-bond acceptors (Lipinski definition) is 4. The number of aryl methyl sites for hydroxylation is 1. The SMILES string of the molecule is Cc1ccc(Cl)cc1N(Cc1ccc(C(=O)N/N=C/c2c(Cl)cccc2Cl)cc1)S(=O)(=O)c1ccccc1. The summed E-state index contributed by atoms with van der Waals surface area (Å²) in [6.45, 7) is 1.85. The lowest BCUT2D eigenvalue weighted by atomic mass is 10.1. The lowest BCUT2D eigenvalue weighted by Crippen LogP contribution is -2.31. The number of sulfonamides is 1. The molecule has 0 bridgehead atoms. The first-order valence-electron chi connectivity index (χ1n) is 11.4. The summed E-state index contributed by atoms with van der Waals surface area (Å²) in [5.41, 5.74) is 5.16. The topological polar surface area (TPSA) is 78.8 Å². The molecule has 38 heavy (non-hydrogen) atoms. The minimum Gasteiger partial charge on any atom is -0.267 e. The van der Waals surface area contributed by atoms with Crippen molar-refractivity contribution in [2.45, 2.75) is 18.4 Å². The molecule has 0 aliphatic heterocycles. The maximum atomic E-state index is 13.6. The minimum atomic E-state index is -3.91. The van der Waals surface area contributed by atoms with Gasteiger partial charge in [-0.15, -0.1) is 0 Å². The third kappa shape index (κ3) is 6.37. The Kier molecular flexibility index (Phi) is 8.74. The van der Waals surface area contributed by atoms with E-state index in [9.17, 15) is 13.2 Å². The number of nitrogens with one attached hydrogen (secondary N) is 1. The second kappa shape index (κ2) is 12.0. The number of amides is 1. The number of carbonyl (C=O) groups excluding carboxylic acids is 1. The molecular weight excluding hydrogens is 565 g/mol. The van der Waals surface area contributed by atoms with E-state index in [2.05, 4.69) is 10.5 Å². The molecule has 0 heterocycles. The van der Waals surface area contributed by atoms with Gasteiger partial charge in [-0.2, -0.15) is 5.10 Å². The highest BCUT2D eigenvalue weighted by Crippen LogP contribution is 2.31. The molecule has 4 aromatic carbocycles. The molecule has 0 spiro atoms. The van der Waals surface area contributed by atoms with Crippen LogP contribution >= 0.6 is 34.8 Å². The number of rotatable bonds is 8. The number of halogens is 3. The van der Waals surface area contributed by atoms with Gasteiger partial charge < -0.3 is 0 Å². The number of carbonyl (C=O) groups is 1. The molecule has 0 saturated heterocycles. The van der Waals surface area contributed by atoms with Gasteiger partial charge in [0.2, 0.25) is 0 Å². The van der Waals surface area contributed by atoms with Crippen LogP contribution in [-0.4, -0.2) is 20.5 Å². The molecule has 0 saturated carbocycles. The number of anilines is 1. The third-order valence-corrected chi connectivity index (χ3v) is 8.34. The van der Waals surface area contributed by atoms with Crippen LogP contribution in [0, 0.1) is 6.92 Å². The van der Waals surface area contributed by atoms with Crippen molar-refractivity contribution >= 4 is 62.6 Å². The fraction of sp³-hybridized carbons (Fsp3) is 0.0714. The summed E-state index contributed by atoms with van der Waals surface area (Å²) < 4.78 is 28.6. The largest absolute Gasteiger partial charge is 0.271 e. The van der Waals surface area contributed by atoms with Crippen molar-refractivity contribution in [3.63, 3.8) is 0 Å². The molecule has 1 amide bonds. The second-order valence-electron chi connectivity index (χ2n) is 8.29. The van der Waals surface area contributed by atoms with Gasteiger partial charge in [-0.25, -0.2) is 13.8 Å². The summed E-state index contributed by atoms with van der Waals surface area (Å²) >= 11 is 18.4. The van der Waals surface area contributed by atoms with Gasteiger partial charge >= 0.3 is 0 Å². The fourth-order valence-corrected chi connectivity index (χ4v) is 5.84. The van der Waals surface area contributed by atoms with Crippen molar-refractivity contribution < 1.29 is 13.2 Å². The van der Waals surface area contributed by atoms with Gasteiger partial charge in [-0.05, 0) is 66.6 Å². The van der Waals surface area contributed by atoms with Gasteiger partial charge in [-0.3, -0.25) is 9.10 Å². The van der Waals surface area contributed by atoms with Gasteiger partial charge in [-0.1, -0.05) is 77.3 Å². The van der Waals surface area contributed by atoms with Crippen molar-refractivity contribution in [2.75, 3.05) is 4.31 Å². The van der Waals surface area contributed by atoms with Gasteiger partial charge in [0.25, 0.3) is 15.9 Å². The Morgan fingerprint density at radius 3 is 2.21 bits per heavy atom. The van der Waals surface area contributed by atoms with E-state index < -0.39 is 15.9 Å². The zero-order valence-corrected chi connectivity index (χ0v) is 23.2. The molecule has 6 nitrogen and oxygen atoms in total. The molecule has 194 valence electrons. The van der Waals surface area contributed by atoms with Crippen LogP contribution in [0.25, 0.3) is 0 Å². The van der Waals surface area contributed by atoms with E-state index in [1.165, 1.54) is 10.5 Å². The molecule has 0 atom stereocenters. The standard InChI is InChI=1S/C28H22Cl3N3O3S/c1-19-10-15-22(29)16-27(19)34(38(36,37)23-6-3-2-4-7-23)18-20-11-13-21(14-12-20)28(35)33-32-17-24-25(30)8-5-9-26(24)31/h2-17H,18H2,1H3,(H,33,35)/b32-17+. The fourth-order valence-electron chi connectivity index (χ4n) is 3.65. The van der Waals surface area contributed by atoms with E-state index in [0.29, 0.717) is 37.4 Å². The molecule has 0 aliphatic rings. The number of nitrogens with zero attached hydrogens (tertiary/aromatic N) is 2. The van der Waals surface area contributed by atoms with Gasteiger partial charge in [0, 0.05) is 16.1 Å². The summed E-state index contributed by atoms with van der Waals surface area (Å²) in [6, 6.07) is 24.9. The first kappa shape index (κ1) is 27.7. The Morgan fingerprint density at radius 1 is 0.895 bits per heavy atom. The Balaban J connectivity index is 1.56. The van der Waals surface area contributed by atoms with Crippen LogP contribution in [0.15, 0.2) is 101 Å². The van der Waals surface area contributed by atoms with Crippen LogP contribution in [0.3, 0.4) is 0 Å². The monoisotopic (exact) mass is 585 g/mol. The van der Waals surface area contributed by atoms with E-state index >= 15 is 0 Å². The van der Waals surface area contributed by atoms with Crippen LogP contribution in [0.4, 0.5) is 5.69 Å². The first-order valence-corrected chi connectivity index (χ1v) is 13.9. The van der Waals surface area contributed by atoms with Crippen molar-refractivity contribution in [3.8, 4) is 0 Å². The summed E-state index contributed by atoms with van der Waals surface area (Å²) in [4.78, 5) is 12.7. The zero-order valence-electron chi connectivity index (χ0n) is 20.1. The number of hydrogen-bond donors (Lipinski definition) is 1. The van der Waals surface area contributed by atoms with E-state index in [1.807, 2.05) is 6.92 Å². The van der Waals surface area contributed by atoms with E-state index in [1.54, 1.807) is 91.0 Å². The second-order valence-corrected chi connectivity index (χ2v) is 11.4. The van der Waals surface area contributed by atoms with Crippen molar-refractivity contribution in [3.05, 3.63) is 128 Å². The lowest BCUT2D eigenvalue weighted by Gasteiger charge is -2.26. The molecule has 4 rings (SSSR count). The van der Waals surface area contributed by atoms with E-state index in [-0.39, 0.29) is 11.4 Å². The summed E-state index contributed by atoms with van der Waals surface area (Å²) in [7, 11) is -3.91. The highest BCUT2D eigenvalue weighted by Gasteiger charge is 2.26. The molecule has 10 heteroatoms. The average molecular weight is 587 g/mol. The molecular formula is C28H22Cl3N3O3S. The normalized spacial score (nSPS) is 11.5.